The van der Waals surface area contributed by atoms with Gasteiger partial charge in [-0.2, -0.15) is 0 Å². The van der Waals surface area contributed by atoms with Crippen LogP contribution in [0.5, 0.6) is 5.75 Å². The number of ether oxygens (including phenoxy) is 1. The second-order valence-corrected chi connectivity index (χ2v) is 3.84. The van der Waals surface area contributed by atoms with Crippen LogP contribution in [0.2, 0.25) is 0 Å². The van der Waals surface area contributed by atoms with Gasteiger partial charge in [0.05, 0.1) is 7.11 Å². The van der Waals surface area contributed by atoms with E-state index in [1.165, 1.54) is 0 Å². The summed E-state index contributed by atoms with van der Waals surface area (Å²) in [4.78, 5) is 0. The van der Waals surface area contributed by atoms with Crippen LogP contribution in [-0.4, -0.2) is 19.2 Å². The molecule has 0 amide bonds. The lowest BCUT2D eigenvalue weighted by Gasteiger charge is -2.18. The van der Waals surface area contributed by atoms with E-state index in [2.05, 4.69) is 18.3 Å². The van der Waals surface area contributed by atoms with Crippen molar-refractivity contribution in [1.82, 2.24) is 5.32 Å². The predicted octanol–water partition coefficient (Wildman–Crippen LogP) is 1.52. The highest BCUT2D eigenvalue weighted by Gasteiger charge is 2.07. The molecule has 0 spiro atoms. The zero-order valence-corrected chi connectivity index (χ0v) is 9.66. The first kappa shape index (κ1) is 12.0. The van der Waals surface area contributed by atoms with Crippen LogP contribution in [0.1, 0.15) is 19.4 Å². The summed E-state index contributed by atoms with van der Waals surface area (Å²) < 4.78 is 5.27. The lowest BCUT2D eigenvalue weighted by atomic mass is 10.1. The Morgan fingerprint density at radius 3 is 2.60 bits per heavy atom. The van der Waals surface area contributed by atoms with Crippen LogP contribution in [0, 0.1) is 0 Å². The highest BCUT2D eigenvalue weighted by molar-refractivity contribution is 5.33. The Bertz CT molecular complexity index is 299. The fourth-order valence-electron chi connectivity index (χ4n) is 1.31. The molecule has 0 aliphatic heterocycles. The topological polar surface area (TPSA) is 47.3 Å². The maximum atomic E-state index is 5.78. The molecular formula is C12H20N2O. The molecule has 3 heteroatoms. The van der Waals surface area contributed by atoms with E-state index in [4.69, 9.17) is 10.5 Å². The number of hydrogen-bond acceptors (Lipinski definition) is 3. The number of rotatable bonds is 5. The monoisotopic (exact) mass is 208 g/mol. The molecule has 0 radical (unpaired) electrons. The minimum Gasteiger partial charge on any atom is -0.496 e. The third-order valence-corrected chi connectivity index (χ3v) is 2.60. The minimum atomic E-state index is 0.153. The van der Waals surface area contributed by atoms with Gasteiger partial charge in [-0.05, 0) is 19.9 Å². The zero-order valence-electron chi connectivity index (χ0n) is 9.66. The van der Waals surface area contributed by atoms with Crippen LogP contribution >= 0.6 is 0 Å². The average molecular weight is 208 g/mol. The van der Waals surface area contributed by atoms with Gasteiger partial charge >= 0.3 is 0 Å². The van der Waals surface area contributed by atoms with E-state index in [-0.39, 0.29) is 6.04 Å². The van der Waals surface area contributed by atoms with Gasteiger partial charge in [0.25, 0.3) is 0 Å². The molecule has 0 aliphatic rings. The van der Waals surface area contributed by atoms with Gasteiger partial charge in [0.2, 0.25) is 0 Å². The highest BCUT2D eigenvalue weighted by Crippen LogP contribution is 2.16. The van der Waals surface area contributed by atoms with Gasteiger partial charge in [-0.1, -0.05) is 18.2 Å². The zero-order chi connectivity index (χ0) is 11.3. The lowest BCUT2D eigenvalue weighted by Crippen LogP contribution is -2.40. The van der Waals surface area contributed by atoms with Gasteiger partial charge in [-0.15, -0.1) is 0 Å². The van der Waals surface area contributed by atoms with Crippen molar-refractivity contribution in [2.45, 2.75) is 32.5 Å². The molecule has 0 saturated carbocycles. The molecule has 1 aromatic carbocycles. The van der Waals surface area contributed by atoms with E-state index < -0.39 is 0 Å². The van der Waals surface area contributed by atoms with Gasteiger partial charge in [0, 0.05) is 24.2 Å². The SMILES string of the molecule is COc1ccccc1CNC(C)C(C)N. The number of methoxy groups -OCH3 is 1. The molecule has 0 aliphatic carbocycles. The summed E-state index contributed by atoms with van der Waals surface area (Å²) in [7, 11) is 1.69. The Balaban J connectivity index is 2.57. The molecule has 84 valence electrons. The number of nitrogens with one attached hydrogen (secondary N) is 1. The second kappa shape index (κ2) is 5.73. The number of para-hydroxylation sites is 1. The Hall–Kier alpha value is -1.06. The van der Waals surface area contributed by atoms with Gasteiger partial charge in [-0.25, -0.2) is 0 Å². The normalized spacial score (nSPS) is 14.7. The van der Waals surface area contributed by atoms with Gasteiger partial charge in [0.15, 0.2) is 0 Å². The maximum Gasteiger partial charge on any atom is 0.123 e. The van der Waals surface area contributed by atoms with Crippen molar-refractivity contribution >= 4 is 0 Å². The largest absolute Gasteiger partial charge is 0.496 e. The molecular weight excluding hydrogens is 188 g/mol. The van der Waals surface area contributed by atoms with Crippen molar-refractivity contribution in [3.8, 4) is 5.75 Å². The van der Waals surface area contributed by atoms with Crippen molar-refractivity contribution in [1.29, 1.82) is 0 Å². The maximum absolute atomic E-state index is 5.78. The molecule has 1 rings (SSSR count). The smallest absolute Gasteiger partial charge is 0.123 e. The van der Waals surface area contributed by atoms with E-state index in [1.807, 2.05) is 25.1 Å². The average Bonchev–Trinajstić information content (AvgIpc) is 2.26. The third kappa shape index (κ3) is 3.53. The molecule has 2 unspecified atom stereocenters. The van der Waals surface area contributed by atoms with Crippen molar-refractivity contribution in [3.63, 3.8) is 0 Å². The summed E-state index contributed by atoms with van der Waals surface area (Å²) in [5.74, 6) is 0.918. The van der Waals surface area contributed by atoms with Crippen molar-refractivity contribution in [3.05, 3.63) is 29.8 Å². The van der Waals surface area contributed by atoms with Crippen LogP contribution in [-0.2, 0) is 6.54 Å². The van der Waals surface area contributed by atoms with Gasteiger partial charge in [0.1, 0.15) is 5.75 Å². The second-order valence-electron chi connectivity index (χ2n) is 3.84. The minimum absolute atomic E-state index is 0.153. The molecule has 0 aromatic heterocycles. The van der Waals surface area contributed by atoms with E-state index in [9.17, 15) is 0 Å². The van der Waals surface area contributed by atoms with E-state index in [0.29, 0.717) is 6.04 Å². The van der Waals surface area contributed by atoms with Crippen LogP contribution in [0.3, 0.4) is 0 Å². The third-order valence-electron chi connectivity index (χ3n) is 2.60. The molecule has 3 nitrogen and oxygen atoms in total. The molecule has 0 heterocycles. The summed E-state index contributed by atoms with van der Waals surface area (Å²) >= 11 is 0. The molecule has 2 atom stereocenters. The Morgan fingerprint density at radius 2 is 2.00 bits per heavy atom. The molecule has 1 aromatic rings. The molecule has 0 saturated heterocycles. The van der Waals surface area contributed by atoms with E-state index >= 15 is 0 Å². The van der Waals surface area contributed by atoms with Crippen molar-refractivity contribution in [2.75, 3.05) is 7.11 Å². The number of hydrogen-bond donors (Lipinski definition) is 2. The van der Waals surface area contributed by atoms with E-state index in [1.54, 1.807) is 7.11 Å². The summed E-state index contributed by atoms with van der Waals surface area (Å²) in [6, 6.07) is 8.45. The lowest BCUT2D eigenvalue weighted by molar-refractivity contribution is 0.403. The fraction of sp³-hybridized carbons (Fsp3) is 0.500. The fourth-order valence-corrected chi connectivity index (χ4v) is 1.31. The molecule has 15 heavy (non-hydrogen) atoms. The van der Waals surface area contributed by atoms with Crippen LogP contribution in [0.25, 0.3) is 0 Å². The summed E-state index contributed by atoms with van der Waals surface area (Å²) in [6.45, 7) is 4.87. The van der Waals surface area contributed by atoms with Gasteiger partial charge < -0.3 is 15.8 Å². The van der Waals surface area contributed by atoms with Crippen molar-refractivity contribution in [2.24, 2.45) is 5.73 Å². The highest BCUT2D eigenvalue weighted by atomic mass is 16.5. The first-order chi connectivity index (χ1) is 7.15. The van der Waals surface area contributed by atoms with Crippen LogP contribution in [0.4, 0.5) is 0 Å². The van der Waals surface area contributed by atoms with Crippen molar-refractivity contribution < 1.29 is 4.74 Å². The first-order valence-electron chi connectivity index (χ1n) is 5.26. The first-order valence-corrected chi connectivity index (χ1v) is 5.26. The molecule has 0 bridgehead atoms. The predicted molar refractivity (Wildman–Crippen MR) is 62.9 cm³/mol. The standard InChI is InChI=1S/C12H20N2O/c1-9(13)10(2)14-8-11-6-4-5-7-12(11)15-3/h4-7,9-10,14H,8,13H2,1-3H3. The van der Waals surface area contributed by atoms with Gasteiger partial charge in [-0.3, -0.25) is 0 Å². The summed E-state index contributed by atoms with van der Waals surface area (Å²) in [6.07, 6.45) is 0. The number of benzene rings is 1. The van der Waals surface area contributed by atoms with Crippen LogP contribution in [0.15, 0.2) is 24.3 Å². The summed E-state index contributed by atoms with van der Waals surface area (Å²) in [5, 5.41) is 3.37. The molecule has 3 N–H and O–H groups in total. The quantitative estimate of drug-likeness (QED) is 0.771. The summed E-state index contributed by atoms with van der Waals surface area (Å²) in [5.41, 5.74) is 6.94. The Labute approximate surface area is 91.6 Å². The van der Waals surface area contributed by atoms with Crippen LogP contribution < -0.4 is 15.8 Å². The van der Waals surface area contributed by atoms with E-state index in [0.717, 1.165) is 17.9 Å². The molecule has 0 fully saturated rings. The Morgan fingerprint density at radius 1 is 1.33 bits per heavy atom. The number of nitrogens with two attached hydrogens (primary N) is 1. The Kier molecular flexibility index (Phi) is 4.59.